The molecule has 1 saturated carbocycles. The fraction of sp³-hybridized carbons (Fsp3) is 0.455. The Bertz CT molecular complexity index is 780. The maximum Gasteiger partial charge on any atom is 0.338 e. The lowest BCUT2D eigenvalue weighted by atomic mass is 9.78. The van der Waals surface area contributed by atoms with E-state index >= 15 is 0 Å². The zero-order valence-corrected chi connectivity index (χ0v) is 15.5. The minimum Gasteiger partial charge on any atom is -0.452 e. The number of likely N-dealkylation sites (tertiary alicyclic amines) is 1. The Morgan fingerprint density at radius 2 is 1.67 bits per heavy atom. The van der Waals surface area contributed by atoms with Crippen LogP contribution in [0.2, 0.25) is 0 Å². The molecule has 5 heteroatoms. The smallest absolute Gasteiger partial charge is 0.338 e. The molecular formula is C22H26N2O3. The highest BCUT2D eigenvalue weighted by Gasteiger charge is 2.35. The molecule has 1 aliphatic carbocycles. The molecule has 0 radical (unpaired) electrons. The molecule has 1 aromatic heterocycles. The third kappa shape index (κ3) is 3.92. The zero-order valence-electron chi connectivity index (χ0n) is 15.5. The van der Waals surface area contributed by atoms with Gasteiger partial charge in [0.25, 0.3) is 5.91 Å². The van der Waals surface area contributed by atoms with E-state index in [4.69, 9.17) is 4.74 Å². The first-order valence-electron chi connectivity index (χ1n) is 9.92. The second kappa shape index (κ2) is 7.99. The molecule has 5 nitrogen and oxygen atoms in total. The van der Waals surface area contributed by atoms with Crippen LogP contribution in [-0.4, -0.2) is 40.5 Å². The Morgan fingerprint density at radius 1 is 0.963 bits per heavy atom. The monoisotopic (exact) mass is 366 g/mol. The number of hydrogen-bond acceptors (Lipinski definition) is 3. The maximum absolute atomic E-state index is 12.6. The SMILES string of the molecule is O=C(OCC(=O)N1CCC[C@@H]2CCCC[C@@H]21)c1ccc(-n2cccc2)cc1. The summed E-state index contributed by atoms with van der Waals surface area (Å²) in [5.74, 6) is 0.136. The number of amides is 1. The van der Waals surface area contributed by atoms with Crippen molar-refractivity contribution in [3.05, 3.63) is 54.4 Å². The van der Waals surface area contributed by atoms with Gasteiger partial charge < -0.3 is 14.2 Å². The van der Waals surface area contributed by atoms with Crippen LogP contribution in [0.1, 0.15) is 48.9 Å². The lowest BCUT2D eigenvalue weighted by Gasteiger charge is -2.44. The summed E-state index contributed by atoms with van der Waals surface area (Å²) in [4.78, 5) is 26.9. The van der Waals surface area contributed by atoms with Crippen LogP contribution in [0, 0.1) is 5.92 Å². The standard InChI is InChI=1S/C22H26N2O3/c25-21(24-15-5-7-17-6-1-2-8-20(17)24)16-27-22(26)18-9-11-19(12-10-18)23-13-3-4-14-23/h3-4,9-14,17,20H,1-2,5-8,15-16H2/t17-,20-/m0/s1. The molecule has 2 heterocycles. The first-order chi connectivity index (χ1) is 13.2. The lowest BCUT2D eigenvalue weighted by Crippen LogP contribution is -2.50. The quantitative estimate of drug-likeness (QED) is 0.773. The summed E-state index contributed by atoms with van der Waals surface area (Å²) >= 11 is 0. The molecule has 2 aliphatic rings. The number of benzene rings is 1. The maximum atomic E-state index is 12.6. The molecular weight excluding hydrogens is 340 g/mol. The Morgan fingerprint density at radius 3 is 2.44 bits per heavy atom. The highest BCUT2D eigenvalue weighted by Crippen LogP contribution is 2.35. The Labute approximate surface area is 159 Å². The summed E-state index contributed by atoms with van der Waals surface area (Å²) in [6.45, 7) is 0.629. The molecule has 2 atom stereocenters. The van der Waals surface area contributed by atoms with Gasteiger partial charge in [-0.05, 0) is 68.0 Å². The molecule has 0 bridgehead atoms. The van der Waals surface area contributed by atoms with Gasteiger partial charge in [0.1, 0.15) is 0 Å². The molecule has 1 aromatic carbocycles. The van der Waals surface area contributed by atoms with Crippen molar-refractivity contribution < 1.29 is 14.3 Å². The van der Waals surface area contributed by atoms with Crippen LogP contribution in [-0.2, 0) is 9.53 Å². The molecule has 0 N–H and O–H groups in total. The normalized spacial score (nSPS) is 22.1. The summed E-state index contributed by atoms with van der Waals surface area (Å²) in [5, 5.41) is 0. The number of piperidine rings is 1. The summed E-state index contributed by atoms with van der Waals surface area (Å²) < 4.78 is 7.28. The Balaban J connectivity index is 1.34. The van der Waals surface area contributed by atoms with Crippen LogP contribution in [0.3, 0.4) is 0 Å². The Hall–Kier alpha value is -2.56. The predicted octanol–water partition coefficient (Wildman–Crippen LogP) is 3.82. The minimum absolute atomic E-state index is 0.0519. The van der Waals surface area contributed by atoms with Gasteiger partial charge >= 0.3 is 5.97 Å². The van der Waals surface area contributed by atoms with Crippen LogP contribution in [0.4, 0.5) is 0 Å². The van der Waals surface area contributed by atoms with Gasteiger partial charge in [-0.2, -0.15) is 0 Å². The summed E-state index contributed by atoms with van der Waals surface area (Å²) in [5.41, 5.74) is 1.44. The Kier molecular flexibility index (Phi) is 5.28. The second-order valence-corrected chi connectivity index (χ2v) is 7.55. The molecule has 1 amide bonds. The van der Waals surface area contributed by atoms with Crippen molar-refractivity contribution in [2.75, 3.05) is 13.2 Å². The molecule has 2 aromatic rings. The zero-order chi connectivity index (χ0) is 18.6. The largest absolute Gasteiger partial charge is 0.452 e. The van der Waals surface area contributed by atoms with Gasteiger partial charge in [0, 0.05) is 30.7 Å². The van der Waals surface area contributed by atoms with E-state index in [-0.39, 0.29) is 12.5 Å². The number of fused-ring (bicyclic) bond motifs is 1. The minimum atomic E-state index is -0.445. The summed E-state index contributed by atoms with van der Waals surface area (Å²) in [6.07, 6.45) is 11.0. The van der Waals surface area contributed by atoms with Crippen molar-refractivity contribution in [2.24, 2.45) is 5.92 Å². The lowest BCUT2D eigenvalue weighted by molar-refractivity contribution is -0.140. The molecule has 0 unspecified atom stereocenters. The fourth-order valence-electron chi connectivity index (χ4n) is 4.50. The third-order valence-corrected chi connectivity index (χ3v) is 5.90. The fourth-order valence-corrected chi connectivity index (χ4v) is 4.50. The topological polar surface area (TPSA) is 51.5 Å². The van der Waals surface area contributed by atoms with Gasteiger partial charge in [0.05, 0.1) is 5.56 Å². The number of ether oxygens (including phenoxy) is 1. The third-order valence-electron chi connectivity index (χ3n) is 5.90. The van der Waals surface area contributed by atoms with E-state index < -0.39 is 5.97 Å². The molecule has 27 heavy (non-hydrogen) atoms. The molecule has 1 saturated heterocycles. The van der Waals surface area contributed by atoms with E-state index in [2.05, 4.69) is 0 Å². The number of hydrogen-bond donors (Lipinski definition) is 0. The highest BCUT2D eigenvalue weighted by atomic mass is 16.5. The number of carbonyl (C=O) groups is 2. The van der Waals surface area contributed by atoms with Gasteiger partial charge in [-0.1, -0.05) is 12.8 Å². The van der Waals surface area contributed by atoms with Crippen molar-refractivity contribution in [2.45, 2.75) is 44.6 Å². The van der Waals surface area contributed by atoms with Gasteiger partial charge in [0.2, 0.25) is 0 Å². The van der Waals surface area contributed by atoms with E-state index in [0.717, 1.165) is 25.1 Å². The van der Waals surface area contributed by atoms with Crippen molar-refractivity contribution in [1.29, 1.82) is 0 Å². The van der Waals surface area contributed by atoms with E-state index in [1.807, 2.05) is 46.1 Å². The van der Waals surface area contributed by atoms with E-state index in [9.17, 15) is 9.59 Å². The number of rotatable bonds is 4. The first kappa shape index (κ1) is 17.8. The molecule has 2 fully saturated rings. The first-order valence-corrected chi connectivity index (χ1v) is 9.92. The molecule has 0 spiro atoms. The second-order valence-electron chi connectivity index (χ2n) is 7.55. The van der Waals surface area contributed by atoms with Crippen molar-refractivity contribution in [1.82, 2.24) is 9.47 Å². The van der Waals surface area contributed by atoms with Crippen LogP contribution in [0.25, 0.3) is 5.69 Å². The van der Waals surface area contributed by atoms with Crippen molar-refractivity contribution in [3.63, 3.8) is 0 Å². The van der Waals surface area contributed by atoms with Crippen LogP contribution in [0.5, 0.6) is 0 Å². The molecule has 1 aliphatic heterocycles. The molecule has 4 rings (SSSR count). The highest BCUT2D eigenvalue weighted by molar-refractivity contribution is 5.91. The van der Waals surface area contributed by atoms with E-state index in [1.54, 1.807) is 12.1 Å². The van der Waals surface area contributed by atoms with Gasteiger partial charge in [-0.25, -0.2) is 4.79 Å². The van der Waals surface area contributed by atoms with Crippen LogP contribution < -0.4 is 0 Å². The average Bonchev–Trinajstić information content (AvgIpc) is 3.26. The van der Waals surface area contributed by atoms with Gasteiger partial charge in [-0.3, -0.25) is 4.79 Å². The van der Waals surface area contributed by atoms with Crippen molar-refractivity contribution >= 4 is 11.9 Å². The van der Waals surface area contributed by atoms with Crippen molar-refractivity contribution in [3.8, 4) is 5.69 Å². The number of nitrogens with zero attached hydrogens (tertiary/aromatic N) is 2. The summed E-state index contributed by atoms with van der Waals surface area (Å²) in [6, 6.07) is 11.5. The van der Waals surface area contributed by atoms with E-state index in [1.165, 1.54) is 25.7 Å². The number of aromatic nitrogens is 1. The molecule has 142 valence electrons. The summed E-state index contributed by atoms with van der Waals surface area (Å²) in [7, 11) is 0. The van der Waals surface area contributed by atoms with E-state index in [0.29, 0.717) is 17.5 Å². The predicted molar refractivity (Wildman–Crippen MR) is 103 cm³/mol. The number of carbonyl (C=O) groups excluding carboxylic acids is 2. The number of esters is 1. The average molecular weight is 366 g/mol. The van der Waals surface area contributed by atoms with Gasteiger partial charge in [0.15, 0.2) is 6.61 Å². The van der Waals surface area contributed by atoms with Gasteiger partial charge in [-0.15, -0.1) is 0 Å². The van der Waals surface area contributed by atoms with Crippen LogP contribution >= 0.6 is 0 Å². The van der Waals surface area contributed by atoms with Crippen LogP contribution in [0.15, 0.2) is 48.8 Å².